The number of pyridine rings is 2. The van der Waals surface area contributed by atoms with Gasteiger partial charge in [0.2, 0.25) is 0 Å². The number of benzene rings is 5. The van der Waals surface area contributed by atoms with Crippen LogP contribution in [0.2, 0.25) is 0 Å². The molecule has 0 amide bonds. The number of aromatic nitrogens is 2. The van der Waals surface area contributed by atoms with Gasteiger partial charge >= 0.3 is 0 Å². The summed E-state index contributed by atoms with van der Waals surface area (Å²) in [6.07, 6.45) is 5.75. The van der Waals surface area contributed by atoms with Crippen LogP contribution in [-0.4, -0.2) is 9.97 Å². The molecule has 0 bridgehead atoms. The Morgan fingerprint density at radius 2 is 1.25 bits per heavy atom. The molecule has 7 heteroatoms. The summed E-state index contributed by atoms with van der Waals surface area (Å²) in [4.78, 5) is 18.3. The van der Waals surface area contributed by atoms with Gasteiger partial charge in [0.1, 0.15) is 5.82 Å². The molecule has 0 radical (unpaired) electrons. The van der Waals surface area contributed by atoms with Gasteiger partial charge in [0, 0.05) is 62.3 Å². The summed E-state index contributed by atoms with van der Waals surface area (Å²) in [5, 5.41) is 0. The molecule has 2 aromatic heterocycles. The van der Waals surface area contributed by atoms with Crippen LogP contribution in [0.1, 0.15) is 52.7 Å². The molecule has 2 aliphatic heterocycles. The summed E-state index contributed by atoms with van der Waals surface area (Å²) in [6.45, 7) is 15.7. The largest absolute Gasteiger partial charge is 0.493 e. The van der Waals surface area contributed by atoms with Gasteiger partial charge in [-0.3, -0.25) is 4.98 Å². The maximum atomic E-state index is 4.97. The van der Waals surface area contributed by atoms with Crippen LogP contribution in [0.3, 0.4) is 0 Å². The first-order chi connectivity index (χ1) is 26.5. The summed E-state index contributed by atoms with van der Waals surface area (Å²) in [5.74, 6) is 0.849. The standard InChI is InChI=1S/C49H42N5S.Pt/c1-48(2,3)33-13-11-14-35(27-33)52-32-53(45-20-10-9-19-44(45)52)36-15-12-16-37(29-36)55-38-21-22-41-39-17-7-8-18-40(39)42-31-50-25-24-43(42)54(46(41)30-38)47-28-34(23-26-51-47)49(4,5)6;/h7-28,31-32H,1-6H3;/q-3;. The zero-order valence-electron chi connectivity index (χ0n) is 32.3. The Hall–Kier alpha value is -5.16. The molecular weight excluding hydrogens is 886 g/mol. The van der Waals surface area contributed by atoms with Crippen molar-refractivity contribution < 1.29 is 21.1 Å². The number of para-hydroxylation sites is 2. The number of fused-ring (bicyclic) bond motifs is 6. The Kier molecular flexibility index (Phi) is 9.93. The van der Waals surface area contributed by atoms with E-state index < -0.39 is 0 Å². The maximum absolute atomic E-state index is 4.97. The molecule has 282 valence electrons. The average molecular weight is 928 g/mol. The van der Waals surface area contributed by atoms with Gasteiger partial charge in [0.15, 0.2) is 0 Å². The fraction of sp³-hybridized carbons (Fsp3) is 0.163. The molecule has 56 heavy (non-hydrogen) atoms. The van der Waals surface area contributed by atoms with Crippen LogP contribution in [0.15, 0.2) is 150 Å². The van der Waals surface area contributed by atoms with Gasteiger partial charge in [0.05, 0.1) is 5.69 Å². The predicted octanol–water partition coefficient (Wildman–Crippen LogP) is 13.3. The predicted molar refractivity (Wildman–Crippen MR) is 228 cm³/mol. The fourth-order valence-electron chi connectivity index (χ4n) is 7.41. The van der Waals surface area contributed by atoms with Crippen LogP contribution < -0.4 is 14.7 Å². The van der Waals surface area contributed by atoms with E-state index >= 15 is 0 Å². The molecule has 0 saturated heterocycles. The van der Waals surface area contributed by atoms with Crippen molar-refractivity contribution in [2.24, 2.45) is 0 Å². The molecule has 7 aromatic rings. The molecule has 9 rings (SSSR count). The maximum Gasteiger partial charge on any atom is 0.135 e. The smallest absolute Gasteiger partial charge is 0.135 e. The first-order valence-corrected chi connectivity index (χ1v) is 19.5. The number of rotatable bonds is 5. The van der Waals surface area contributed by atoms with E-state index in [1.807, 2.05) is 18.6 Å². The van der Waals surface area contributed by atoms with Crippen molar-refractivity contribution in [2.75, 3.05) is 14.7 Å². The van der Waals surface area contributed by atoms with Crippen molar-refractivity contribution in [1.82, 2.24) is 9.97 Å². The SMILES string of the molecule is CC(C)(C)c1cccc(N2[CH-]N(c3[c-]c(Sc4[c-]c5c(cc4)-c4ccccc4-c4cnccc4N5c4cc(C(C)(C)C)ccn4)ccc3)c3ccccc32)c1.[Pt]. The molecule has 4 heterocycles. The van der Waals surface area contributed by atoms with Crippen LogP contribution in [0, 0.1) is 18.8 Å². The summed E-state index contributed by atoms with van der Waals surface area (Å²) in [7, 11) is 0. The van der Waals surface area contributed by atoms with E-state index in [1.165, 1.54) is 11.1 Å². The van der Waals surface area contributed by atoms with Crippen LogP contribution in [0.25, 0.3) is 22.3 Å². The minimum atomic E-state index is -0.0422. The minimum absolute atomic E-state index is 0. The Morgan fingerprint density at radius 1 is 0.571 bits per heavy atom. The second kappa shape index (κ2) is 14.7. The van der Waals surface area contributed by atoms with E-state index in [1.54, 1.807) is 11.8 Å². The average Bonchev–Trinajstić information content (AvgIpc) is 3.53. The Morgan fingerprint density at radius 3 is 2.02 bits per heavy atom. The van der Waals surface area contributed by atoms with E-state index in [4.69, 9.17) is 4.98 Å². The van der Waals surface area contributed by atoms with Gasteiger partial charge in [-0.2, -0.15) is 24.3 Å². The third kappa shape index (κ3) is 6.95. The first-order valence-electron chi connectivity index (χ1n) is 18.7. The van der Waals surface area contributed by atoms with E-state index in [0.717, 1.165) is 72.0 Å². The summed E-state index contributed by atoms with van der Waals surface area (Å²) >= 11 is 1.67. The van der Waals surface area contributed by atoms with Crippen molar-refractivity contribution in [3.05, 3.63) is 170 Å². The van der Waals surface area contributed by atoms with Gasteiger partial charge in [0.25, 0.3) is 0 Å². The van der Waals surface area contributed by atoms with Crippen LogP contribution in [-0.2, 0) is 31.9 Å². The molecule has 0 N–H and O–H groups in total. The zero-order valence-corrected chi connectivity index (χ0v) is 35.4. The fourth-order valence-corrected chi connectivity index (χ4v) is 8.23. The van der Waals surface area contributed by atoms with Gasteiger partial charge in [-0.25, -0.2) is 4.98 Å². The molecule has 0 fully saturated rings. The van der Waals surface area contributed by atoms with E-state index in [0.29, 0.717) is 0 Å². The molecule has 5 nitrogen and oxygen atoms in total. The molecule has 0 saturated carbocycles. The molecule has 2 aliphatic rings. The Bertz CT molecular complexity index is 2570. The first kappa shape index (κ1) is 37.7. The molecule has 0 atom stereocenters. The number of hydrogen-bond donors (Lipinski definition) is 0. The van der Waals surface area contributed by atoms with E-state index in [-0.39, 0.29) is 31.9 Å². The number of hydrogen-bond acceptors (Lipinski definition) is 6. The minimum Gasteiger partial charge on any atom is -0.493 e. The van der Waals surface area contributed by atoms with Crippen molar-refractivity contribution in [3.63, 3.8) is 0 Å². The van der Waals surface area contributed by atoms with Crippen LogP contribution in [0.4, 0.5) is 39.9 Å². The van der Waals surface area contributed by atoms with Crippen LogP contribution >= 0.6 is 11.8 Å². The van der Waals surface area contributed by atoms with Gasteiger partial charge in [-0.05, 0) is 70.0 Å². The number of anilines is 7. The quantitative estimate of drug-likeness (QED) is 0.160. The van der Waals surface area contributed by atoms with Crippen molar-refractivity contribution in [3.8, 4) is 22.3 Å². The van der Waals surface area contributed by atoms with Crippen molar-refractivity contribution >= 4 is 51.7 Å². The van der Waals surface area contributed by atoms with Gasteiger partial charge in [-0.1, -0.05) is 101 Å². The van der Waals surface area contributed by atoms with E-state index in [2.05, 4.69) is 201 Å². The summed E-state index contributed by atoms with van der Waals surface area (Å²) in [5.41, 5.74) is 13.3. The van der Waals surface area contributed by atoms with Gasteiger partial charge in [-0.15, -0.1) is 57.7 Å². The van der Waals surface area contributed by atoms with Crippen molar-refractivity contribution in [2.45, 2.75) is 62.2 Å². The second-order valence-corrected chi connectivity index (χ2v) is 17.2. The third-order valence-electron chi connectivity index (χ3n) is 10.4. The zero-order chi connectivity index (χ0) is 37.9. The second-order valence-electron chi connectivity index (χ2n) is 16.2. The summed E-state index contributed by atoms with van der Waals surface area (Å²) < 4.78 is 0. The topological polar surface area (TPSA) is 35.5 Å². The van der Waals surface area contributed by atoms with E-state index in [9.17, 15) is 0 Å². The monoisotopic (exact) mass is 927 g/mol. The Labute approximate surface area is 349 Å². The number of nitrogens with zero attached hydrogens (tertiary/aromatic N) is 5. The van der Waals surface area contributed by atoms with Gasteiger partial charge < -0.3 is 14.7 Å². The molecular formula is C49H42N5PtS-3. The van der Waals surface area contributed by atoms with Crippen molar-refractivity contribution in [1.29, 1.82) is 0 Å². The molecule has 0 unspecified atom stereocenters. The Balaban J connectivity index is 0.00000441. The molecule has 5 aromatic carbocycles. The molecule has 0 spiro atoms. The normalized spacial score (nSPS) is 13.3. The summed E-state index contributed by atoms with van der Waals surface area (Å²) in [6, 6.07) is 50.8. The van der Waals surface area contributed by atoms with Crippen LogP contribution in [0.5, 0.6) is 0 Å². The third-order valence-corrected chi connectivity index (χ3v) is 11.3. The molecule has 0 aliphatic carbocycles.